The molecule has 0 saturated carbocycles. The molecule has 1 heterocycles. The summed E-state index contributed by atoms with van der Waals surface area (Å²) in [5.41, 5.74) is 14.4. The molecule has 0 bridgehead atoms. The zero-order valence-electron chi connectivity index (χ0n) is 36.2. The van der Waals surface area contributed by atoms with Crippen LogP contribution < -0.4 is 35.7 Å². The third-order valence-electron chi connectivity index (χ3n) is 9.69. The van der Waals surface area contributed by atoms with Crippen molar-refractivity contribution in [1.82, 2.24) is 34.6 Å². The van der Waals surface area contributed by atoms with Crippen molar-refractivity contribution < 1.29 is 40.6 Å². The number of benzene rings is 5. The Bertz CT molecular complexity index is 2750. The Morgan fingerprint density at radius 3 is 1.78 bits per heavy atom. The van der Waals surface area contributed by atoms with E-state index in [1.165, 1.54) is 35.5 Å². The highest BCUT2D eigenvalue weighted by Gasteiger charge is 2.38. The first kappa shape index (κ1) is 46.8. The number of carbonyl (C=O) groups is 1. The van der Waals surface area contributed by atoms with Crippen LogP contribution in [0.1, 0.15) is 37.5 Å². The summed E-state index contributed by atoms with van der Waals surface area (Å²) in [4.78, 5) is 12.4. The summed E-state index contributed by atoms with van der Waals surface area (Å²) in [7, 11) is -5.05. The van der Waals surface area contributed by atoms with Crippen molar-refractivity contribution in [3.05, 3.63) is 120 Å². The number of ether oxygens (including phenoxy) is 4. The van der Waals surface area contributed by atoms with Crippen LogP contribution in [0.15, 0.2) is 113 Å². The second-order valence-corrected chi connectivity index (χ2v) is 19.1. The van der Waals surface area contributed by atoms with E-state index in [1.807, 2.05) is 12.1 Å². The molecule has 5 aromatic carbocycles. The van der Waals surface area contributed by atoms with Crippen molar-refractivity contribution in [3.8, 4) is 39.8 Å². The highest BCUT2D eigenvalue weighted by Crippen LogP contribution is 2.42. The van der Waals surface area contributed by atoms with Crippen LogP contribution in [0.5, 0.6) is 17.2 Å². The summed E-state index contributed by atoms with van der Waals surface area (Å²) in [5, 5.41) is 15.8. The molecule has 6 N–H and O–H groups in total. The summed E-state index contributed by atoms with van der Waals surface area (Å²) < 4.78 is 85.8. The van der Waals surface area contributed by atoms with Gasteiger partial charge in [0, 0.05) is 26.2 Å². The third kappa shape index (κ3) is 11.4. The monoisotopic (exact) mass is 913 g/mol. The summed E-state index contributed by atoms with van der Waals surface area (Å²) >= 11 is 0. The smallest absolute Gasteiger partial charge is 0.407 e. The zero-order chi connectivity index (χ0) is 46.2. The van der Waals surface area contributed by atoms with Crippen LogP contribution in [-0.2, 0) is 44.4 Å². The maximum Gasteiger partial charge on any atom is 0.407 e. The van der Waals surface area contributed by atoms with Gasteiger partial charge < -0.3 is 35.7 Å². The Morgan fingerprint density at radius 1 is 0.719 bits per heavy atom. The molecule has 6 rings (SSSR count). The lowest BCUT2D eigenvalue weighted by molar-refractivity contribution is 0.0528. The average Bonchev–Trinajstić information content (AvgIpc) is 3.73. The number of nitrogens with two attached hydrogens (primary N) is 2. The maximum atomic E-state index is 15.8. The van der Waals surface area contributed by atoms with E-state index in [0.717, 1.165) is 5.56 Å². The number of rotatable bonds is 18. The van der Waals surface area contributed by atoms with Crippen molar-refractivity contribution in [2.45, 2.75) is 55.8 Å². The molecule has 0 aliphatic rings. The minimum Gasteiger partial charge on any atom is -0.497 e. The van der Waals surface area contributed by atoms with Gasteiger partial charge in [0.05, 0.1) is 44.8 Å². The number of tetrazole rings is 1. The van der Waals surface area contributed by atoms with Crippen molar-refractivity contribution in [3.63, 3.8) is 0 Å². The van der Waals surface area contributed by atoms with E-state index in [2.05, 4.69) is 25.4 Å². The average molecular weight is 914 g/mol. The number of nitrogens with one attached hydrogen (secondary N) is 2. The molecule has 0 fully saturated rings. The first-order valence-corrected chi connectivity index (χ1v) is 22.8. The van der Waals surface area contributed by atoms with E-state index in [1.54, 1.807) is 107 Å². The van der Waals surface area contributed by atoms with Gasteiger partial charge in [-0.05, 0) is 108 Å². The first-order chi connectivity index (χ1) is 30.4. The fraction of sp³-hybridized carbons (Fsp3) is 0.273. The standard InChI is InChI=1S/C44H51N9O9S2/c1-44(2,3)62-43(54)47-23-24-48-63(55,56)39-22-20-36(32-13-21-37(45)38(46)25-32)40(42-49-51-53(50-42)28-31-11-18-35(61-6)19-12-31)41(39)64(57,58)52(26-29-7-14-33(59-4)15-8-29)27-30-9-16-34(60-5)17-10-30/h7-22,25,48H,23-24,26-28,45-46H2,1-6H3,(H,47,54). The van der Waals surface area contributed by atoms with Crippen LogP contribution in [0.2, 0.25) is 0 Å². The maximum absolute atomic E-state index is 15.8. The summed E-state index contributed by atoms with van der Waals surface area (Å²) in [6.45, 7) is 4.26. The van der Waals surface area contributed by atoms with Crippen LogP contribution in [-0.4, -0.2) is 87.5 Å². The van der Waals surface area contributed by atoms with E-state index in [4.69, 9.17) is 30.4 Å². The topological polar surface area (TPSA) is 245 Å². The van der Waals surface area contributed by atoms with Gasteiger partial charge in [0.15, 0.2) is 0 Å². The minimum atomic E-state index is -4.92. The molecule has 1 aromatic heterocycles. The van der Waals surface area contributed by atoms with Crippen molar-refractivity contribution in [1.29, 1.82) is 0 Å². The predicted octanol–water partition coefficient (Wildman–Crippen LogP) is 5.44. The summed E-state index contributed by atoms with van der Waals surface area (Å²) in [6, 6.07) is 28.2. The van der Waals surface area contributed by atoms with E-state index >= 15 is 8.42 Å². The van der Waals surface area contributed by atoms with Crippen LogP contribution in [0.4, 0.5) is 16.2 Å². The molecular formula is C44H51N9O9S2. The van der Waals surface area contributed by atoms with Crippen molar-refractivity contribution >= 4 is 37.5 Å². The van der Waals surface area contributed by atoms with Gasteiger partial charge in [0.2, 0.25) is 25.9 Å². The van der Waals surface area contributed by atoms with Gasteiger partial charge in [-0.25, -0.2) is 26.4 Å². The Labute approximate surface area is 372 Å². The fourth-order valence-corrected chi connectivity index (χ4v) is 9.95. The number of nitrogen functional groups attached to an aromatic ring is 2. The number of alkyl carbamates (subject to hydrolysis) is 1. The van der Waals surface area contributed by atoms with Crippen LogP contribution >= 0.6 is 0 Å². The number of amides is 1. The van der Waals surface area contributed by atoms with Gasteiger partial charge in [-0.1, -0.05) is 48.5 Å². The summed E-state index contributed by atoms with van der Waals surface area (Å²) in [6.07, 6.45) is -0.763. The molecule has 0 radical (unpaired) electrons. The molecule has 18 nitrogen and oxygen atoms in total. The van der Waals surface area contributed by atoms with Crippen LogP contribution in [0.25, 0.3) is 22.5 Å². The molecule has 64 heavy (non-hydrogen) atoms. The molecule has 0 aliphatic heterocycles. The predicted molar refractivity (Wildman–Crippen MR) is 241 cm³/mol. The van der Waals surface area contributed by atoms with Gasteiger partial charge in [-0.3, -0.25) is 0 Å². The molecule has 0 saturated heterocycles. The number of carbonyl (C=O) groups excluding carboxylic acids is 1. The molecule has 0 spiro atoms. The number of methoxy groups -OCH3 is 3. The lowest BCUT2D eigenvalue weighted by Gasteiger charge is -2.26. The Kier molecular flexibility index (Phi) is 14.4. The number of aromatic nitrogens is 4. The molecule has 0 atom stereocenters. The minimum absolute atomic E-state index is 0.120. The quantitative estimate of drug-likeness (QED) is 0.0620. The largest absolute Gasteiger partial charge is 0.497 e. The first-order valence-electron chi connectivity index (χ1n) is 19.9. The molecule has 1 amide bonds. The lowest BCUT2D eigenvalue weighted by Crippen LogP contribution is -2.38. The van der Waals surface area contributed by atoms with E-state index in [0.29, 0.717) is 33.9 Å². The summed E-state index contributed by atoms with van der Waals surface area (Å²) in [5.74, 6) is 1.54. The Balaban J connectivity index is 1.57. The van der Waals surface area contributed by atoms with Crippen LogP contribution in [0, 0.1) is 0 Å². The lowest BCUT2D eigenvalue weighted by atomic mass is 9.98. The SMILES string of the molecule is COc1ccc(CN(Cc2ccc(OC)cc2)S(=O)(=O)c2c(S(=O)(=O)NCCNC(=O)OC(C)(C)C)ccc(-c3ccc(N)c(N)c3)c2-c2nnn(Cc3ccc(OC)cc3)n2)cc1. The molecule has 20 heteroatoms. The number of hydrogen-bond donors (Lipinski definition) is 4. The number of anilines is 2. The molecular weight excluding hydrogens is 863 g/mol. The number of nitrogens with zero attached hydrogens (tertiary/aromatic N) is 5. The van der Waals surface area contributed by atoms with Gasteiger partial charge in [-0.2, -0.15) is 9.10 Å². The van der Waals surface area contributed by atoms with Gasteiger partial charge in [0.1, 0.15) is 32.6 Å². The van der Waals surface area contributed by atoms with Crippen molar-refractivity contribution in [2.24, 2.45) is 0 Å². The third-order valence-corrected chi connectivity index (χ3v) is 13.2. The molecule has 0 unspecified atom stereocenters. The molecule has 338 valence electrons. The second-order valence-electron chi connectivity index (χ2n) is 15.4. The second kappa shape index (κ2) is 19.8. The highest BCUT2D eigenvalue weighted by molar-refractivity contribution is 7.92. The van der Waals surface area contributed by atoms with Gasteiger partial charge in [0.25, 0.3) is 0 Å². The van der Waals surface area contributed by atoms with E-state index < -0.39 is 41.5 Å². The van der Waals surface area contributed by atoms with E-state index in [-0.39, 0.29) is 61.0 Å². The Morgan fingerprint density at radius 2 is 1.27 bits per heavy atom. The Hall–Kier alpha value is -6.74. The van der Waals surface area contributed by atoms with Crippen LogP contribution in [0.3, 0.4) is 0 Å². The highest BCUT2D eigenvalue weighted by atomic mass is 32.2. The molecule has 0 aliphatic carbocycles. The van der Waals surface area contributed by atoms with Gasteiger partial charge >= 0.3 is 6.09 Å². The van der Waals surface area contributed by atoms with Crippen molar-refractivity contribution in [2.75, 3.05) is 45.9 Å². The van der Waals surface area contributed by atoms with Gasteiger partial charge in [-0.15, -0.1) is 10.2 Å². The number of sulfonamides is 2. The van der Waals surface area contributed by atoms with E-state index in [9.17, 15) is 13.2 Å². The normalized spacial score (nSPS) is 11.9. The fourth-order valence-electron chi connectivity index (χ4n) is 6.51. The zero-order valence-corrected chi connectivity index (χ0v) is 37.9. The molecule has 6 aromatic rings. The number of hydrogen-bond acceptors (Lipinski definition) is 14.